The SMILES string of the molecule is O=[N+]([O-])c1ccc(S(=O)(=O)NCc2ccc(-c3ccc(Cl)cc3)s2)cc1. The van der Waals surface area contributed by atoms with Crippen LogP contribution in [0.1, 0.15) is 4.88 Å². The van der Waals surface area contributed by atoms with Gasteiger partial charge in [0.1, 0.15) is 0 Å². The van der Waals surface area contributed by atoms with Gasteiger partial charge in [0.2, 0.25) is 10.0 Å². The van der Waals surface area contributed by atoms with Crippen molar-refractivity contribution in [1.82, 2.24) is 4.72 Å². The van der Waals surface area contributed by atoms with Crippen LogP contribution >= 0.6 is 22.9 Å². The molecule has 0 aliphatic carbocycles. The molecular weight excluding hydrogens is 396 g/mol. The third kappa shape index (κ3) is 4.28. The van der Waals surface area contributed by atoms with E-state index in [9.17, 15) is 18.5 Å². The van der Waals surface area contributed by atoms with Gasteiger partial charge in [-0.1, -0.05) is 23.7 Å². The fraction of sp³-hybridized carbons (Fsp3) is 0.0588. The second kappa shape index (κ2) is 7.55. The predicted octanol–water partition coefficient (Wildman–Crippen LogP) is 4.46. The Bertz CT molecular complexity index is 1030. The molecule has 26 heavy (non-hydrogen) atoms. The second-order valence-electron chi connectivity index (χ2n) is 5.35. The van der Waals surface area contributed by atoms with Crippen molar-refractivity contribution in [3.63, 3.8) is 0 Å². The van der Waals surface area contributed by atoms with E-state index in [4.69, 9.17) is 11.6 Å². The molecule has 2 aromatic carbocycles. The van der Waals surface area contributed by atoms with Gasteiger partial charge >= 0.3 is 0 Å². The van der Waals surface area contributed by atoms with Crippen molar-refractivity contribution >= 4 is 38.6 Å². The topological polar surface area (TPSA) is 89.3 Å². The van der Waals surface area contributed by atoms with Crippen LogP contribution in [0.2, 0.25) is 5.02 Å². The van der Waals surface area contributed by atoms with E-state index in [-0.39, 0.29) is 17.1 Å². The highest BCUT2D eigenvalue weighted by Crippen LogP contribution is 2.29. The lowest BCUT2D eigenvalue weighted by molar-refractivity contribution is -0.384. The molecule has 0 bridgehead atoms. The van der Waals surface area contributed by atoms with Gasteiger partial charge in [-0.15, -0.1) is 11.3 Å². The number of halogens is 1. The van der Waals surface area contributed by atoms with Gasteiger partial charge in [-0.3, -0.25) is 10.1 Å². The molecule has 0 saturated heterocycles. The van der Waals surface area contributed by atoms with E-state index in [1.54, 1.807) is 12.1 Å². The first-order valence-electron chi connectivity index (χ1n) is 7.44. The van der Waals surface area contributed by atoms with Crippen LogP contribution in [0.25, 0.3) is 10.4 Å². The van der Waals surface area contributed by atoms with E-state index in [0.717, 1.165) is 15.3 Å². The van der Waals surface area contributed by atoms with Crippen LogP contribution in [0.5, 0.6) is 0 Å². The highest BCUT2D eigenvalue weighted by molar-refractivity contribution is 7.89. The molecule has 0 saturated carbocycles. The van der Waals surface area contributed by atoms with E-state index in [2.05, 4.69) is 4.72 Å². The third-order valence-electron chi connectivity index (χ3n) is 3.58. The molecule has 9 heteroatoms. The summed E-state index contributed by atoms with van der Waals surface area (Å²) in [7, 11) is -3.75. The number of nitro groups is 1. The summed E-state index contributed by atoms with van der Waals surface area (Å²) in [6.07, 6.45) is 0. The molecule has 0 unspecified atom stereocenters. The Kier molecular flexibility index (Phi) is 5.38. The predicted molar refractivity (Wildman–Crippen MR) is 102 cm³/mol. The average Bonchev–Trinajstić information content (AvgIpc) is 3.10. The lowest BCUT2D eigenvalue weighted by atomic mass is 10.2. The fourth-order valence-corrected chi connectivity index (χ4v) is 4.42. The second-order valence-corrected chi connectivity index (χ2v) is 8.72. The van der Waals surface area contributed by atoms with Crippen molar-refractivity contribution in [3.05, 3.63) is 80.7 Å². The Morgan fingerprint density at radius 3 is 2.27 bits per heavy atom. The van der Waals surface area contributed by atoms with Crippen LogP contribution in [-0.4, -0.2) is 13.3 Å². The van der Waals surface area contributed by atoms with Crippen LogP contribution in [0, 0.1) is 10.1 Å². The summed E-state index contributed by atoms with van der Waals surface area (Å²) >= 11 is 7.35. The highest BCUT2D eigenvalue weighted by atomic mass is 35.5. The zero-order valence-electron chi connectivity index (χ0n) is 13.3. The van der Waals surface area contributed by atoms with Gasteiger partial charge in [-0.05, 0) is 42.0 Å². The number of sulfonamides is 1. The third-order valence-corrected chi connectivity index (χ3v) is 6.39. The molecule has 0 aliphatic rings. The first-order chi connectivity index (χ1) is 12.3. The number of nitrogens with one attached hydrogen (secondary N) is 1. The summed E-state index contributed by atoms with van der Waals surface area (Å²) in [5.74, 6) is 0. The summed E-state index contributed by atoms with van der Waals surface area (Å²) in [5.41, 5.74) is 0.846. The molecule has 3 aromatic rings. The van der Waals surface area contributed by atoms with Gasteiger partial charge in [-0.2, -0.15) is 0 Å². The molecular formula is C17H13ClN2O4S2. The molecule has 0 fully saturated rings. The number of hydrogen-bond acceptors (Lipinski definition) is 5. The summed E-state index contributed by atoms with van der Waals surface area (Å²) in [6, 6.07) is 15.9. The smallest absolute Gasteiger partial charge is 0.258 e. The molecule has 0 spiro atoms. The minimum absolute atomic E-state index is 0.0161. The first kappa shape index (κ1) is 18.5. The monoisotopic (exact) mass is 408 g/mol. The Morgan fingerprint density at radius 2 is 1.65 bits per heavy atom. The fourth-order valence-electron chi connectivity index (χ4n) is 2.24. The van der Waals surface area contributed by atoms with Crippen molar-refractivity contribution < 1.29 is 13.3 Å². The lowest BCUT2D eigenvalue weighted by Crippen LogP contribution is -2.22. The molecule has 1 N–H and O–H groups in total. The Hall–Kier alpha value is -2.26. The van der Waals surface area contributed by atoms with Crippen molar-refractivity contribution in [3.8, 4) is 10.4 Å². The maximum Gasteiger partial charge on any atom is 0.269 e. The molecule has 134 valence electrons. The van der Waals surface area contributed by atoms with Gasteiger partial charge in [-0.25, -0.2) is 13.1 Å². The van der Waals surface area contributed by atoms with Gasteiger partial charge in [0.05, 0.1) is 9.82 Å². The van der Waals surface area contributed by atoms with Crippen LogP contribution < -0.4 is 4.72 Å². The number of nitro benzene ring substituents is 1. The van der Waals surface area contributed by atoms with Crippen LogP contribution in [0.15, 0.2) is 65.6 Å². The summed E-state index contributed by atoms with van der Waals surface area (Å²) in [4.78, 5) is 11.9. The van der Waals surface area contributed by atoms with Gasteiger partial charge in [0.15, 0.2) is 0 Å². The van der Waals surface area contributed by atoms with E-state index in [1.807, 2.05) is 24.3 Å². The van der Waals surface area contributed by atoms with E-state index in [1.165, 1.54) is 35.6 Å². The molecule has 1 heterocycles. The molecule has 6 nitrogen and oxygen atoms in total. The number of rotatable bonds is 6. The van der Waals surface area contributed by atoms with Crippen LogP contribution in [0.3, 0.4) is 0 Å². The standard InChI is InChI=1S/C17H13ClN2O4S2/c18-13-3-1-12(2-4-13)17-10-7-15(25-17)11-19-26(23,24)16-8-5-14(6-9-16)20(21)22/h1-10,19H,11H2. The minimum Gasteiger partial charge on any atom is -0.258 e. The summed E-state index contributed by atoms with van der Waals surface area (Å²) in [5, 5.41) is 11.3. The van der Waals surface area contributed by atoms with Gasteiger partial charge in [0.25, 0.3) is 5.69 Å². The molecule has 1 aromatic heterocycles. The number of nitrogens with zero attached hydrogens (tertiary/aromatic N) is 1. The van der Waals surface area contributed by atoms with Crippen molar-refractivity contribution in [1.29, 1.82) is 0 Å². The minimum atomic E-state index is -3.75. The lowest BCUT2D eigenvalue weighted by Gasteiger charge is -2.05. The highest BCUT2D eigenvalue weighted by Gasteiger charge is 2.16. The Morgan fingerprint density at radius 1 is 1.00 bits per heavy atom. The number of hydrogen-bond donors (Lipinski definition) is 1. The van der Waals surface area contributed by atoms with Crippen molar-refractivity contribution in [2.45, 2.75) is 11.4 Å². The molecule has 0 aliphatic heterocycles. The summed E-state index contributed by atoms with van der Waals surface area (Å²) in [6.45, 7) is 0.136. The zero-order chi connectivity index (χ0) is 18.7. The maximum absolute atomic E-state index is 12.3. The van der Waals surface area contributed by atoms with Crippen LogP contribution in [0.4, 0.5) is 5.69 Å². The van der Waals surface area contributed by atoms with E-state index in [0.29, 0.717) is 5.02 Å². The Balaban J connectivity index is 1.70. The first-order valence-corrected chi connectivity index (χ1v) is 10.1. The molecule has 0 atom stereocenters. The number of benzene rings is 2. The summed E-state index contributed by atoms with van der Waals surface area (Å²) < 4.78 is 27.1. The van der Waals surface area contributed by atoms with Gasteiger partial charge < -0.3 is 0 Å². The van der Waals surface area contributed by atoms with Gasteiger partial charge in [0, 0.05) is 33.5 Å². The maximum atomic E-state index is 12.3. The molecule has 0 amide bonds. The Labute approximate surface area is 159 Å². The molecule has 3 rings (SSSR count). The normalized spacial score (nSPS) is 11.4. The van der Waals surface area contributed by atoms with E-state index >= 15 is 0 Å². The number of thiophene rings is 1. The molecule has 0 radical (unpaired) electrons. The van der Waals surface area contributed by atoms with Crippen molar-refractivity contribution in [2.75, 3.05) is 0 Å². The number of non-ortho nitro benzene ring substituents is 1. The largest absolute Gasteiger partial charge is 0.269 e. The quantitative estimate of drug-likeness (QED) is 0.481. The zero-order valence-corrected chi connectivity index (χ0v) is 15.6. The van der Waals surface area contributed by atoms with Crippen molar-refractivity contribution in [2.24, 2.45) is 0 Å². The average molecular weight is 409 g/mol. The van der Waals surface area contributed by atoms with E-state index < -0.39 is 14.9 Å². The van der Waals surface area contributed by atoms with Crippen LogP contribution in [-0.2, 0) is 16.6 Å².